The molecular formula is C15H19Br2N3O. The predicted molar refractivity (Wildman–Crippen MR) is 91.4 cm³/mol. The normalized spacial score (nSPS) is 12.9. The molecule has 0 amide bonds. The first kappa shape index (κ1) is 16.7. The van der Waals surface area contributed by atoms with Crippen molar-refractivity contribution < 1.29 is 5.11 Å². The van der Waals surface area contributed by atoms with Crippen LogP contribution in [0.25, 0.3) is 0 Å². The first-order chi connectivity index (χ1) is 9.88. The molecule has 1 heterocycles. The van der Waals surface area contributed by atoms with Crippen molar-refractivity contribution in [3.63, 3.8) is 0 Å². The number of halogens is 2. The number of benzene rings is 1. The smallest absolute Gasteiger partial charge is 0.122 e. The lowest BCUT2D eigenvalue weighted by atomic mass is 10.0. The van der Waals surface area contributed by atoms with Crippen molar-refractivity contribution in [2.75, 3.05) is 20.6 Å². The van der Waals surface area contributed by atoms with Gasteiger partial charge in [0, 0.05) is 11.0 Å². The van der Waals surface area contributed by atoms with E-state index in [0.29, 0.717) is 0 Å². The number of aromatic nitrogens is 2. The highest BCUT2D eigenvalue weighted by Crippen LogP contribution is 2.30. The number of nitrogens with zero attached hydrogens (tertiary/aromatic N) is 3. The summed E-state index contributed by atoms with van der Waals surface area (Å²) in [5.41, 5.74) is 2.75. The van der Waals surface area contributed by atoms with Crippen LogP contribution >= 0.6 is 31.9 Å². The van der Waals surface area contributed by atoms with Crippen LogP contribution in [0.2, 0.25) is 0 Å². The molecule has 0 spiro atoms. The number of aliphatic hydroxyl groups excluding tert-OH is 1. The van der Waals surface area contributed by atoms with Gasteiger partial charge in [0.1, 0.15) is 6.10 Å². The first-order valence-corrected chi connectivity index (χ1v) is 8.28. The highest BCUT2D eigenvalue weighted by molar-refractivity contribution is 9.10. The predicted octanol–water partition coefficient (Wildman–Crippen LogP) is 3.36. The molecule has 0 saturated heterocycles. The Kier molecular flexibility index (Phi) is 5.60. The van der Waals surface area contributed by atoms with Gasteiger partial charge in [-0.1, -0.05) is 22.0 Å². The van der Waals surface area contributed by atoms with E-state index in [0.717, 1.165) is 38.9 Å². The van der Waals surface area contributed by atoms with Gasteiger partial charge in [-0.05, 0) is 60.2 Å². The third kappa shape index (κ3) is 4.16. The van der Waals surface area contributed by atoms with Crippen LogP contribution in [0.5, 0.6) is 0 Å². The first-order valence-electron chi connectivity index (χ1n) is 6.69. The fourth-order valence-corrected chi connectivity index (χ4v) is 3.34. The van der Waals surface area contributed by atoms with Gasteiger partial charge < -0.3 is 10.0 Å². The monoisotopic (exact) mass is 415 g/mol. The van der Waals surface area contributed by atoms with Crippen molar-refractivity contribution in [2.24, 2.45) is 0 Å². The maximum Gasteiger partial charge on any atom is 0.122 e. The summed E-state index contributed by atoms with van der Waals surface area (Å²) in [5, 5.41) is 15.1. The van der Waals surface area contributed by atoms with Crippen LogP contribution < -0.4 is 0 Å². The zero-order chi connectivity index (χ0) is 15.6. The number of aliphatic hydroxyl groups is 1. The van der Waals surface area contributed by atoms with Gasteiger partial charge in [-0.25, -0.2) is 0 Å². The van der Waals surface area contributed by atoms with Crippen LogP contribution in [0.4, 0.5) is 0 Å². The Balaban J connectivity index is 2.33. The molecule has 4 nitrogen and oxygen atoms in total. The van der Waals surface area contributed by atoms with Gasteiger partial charge in [0.15, 0.2) is 0 Å². The molecule has 0 aliphatic heterocycles. The van der Waals surface area contributed by atoms with E-state index in [1.165, 1.54) is 0 Å². The summed E-state index contributed by atoms with van der Waals surface area (Å²) in [6.07, 6.45) is 1.03. The Morgan fingerprint density at radius 3 is 2.62 bits per heavy atom. The van der Waals surface area contributed by atoms with Gasteiger partial charge in [0.25, 0.3) is 0 Å². The van der Waals surface area contributed by atoms with E-state index in [1.54, 1.807) is 6.20 Å². The van der Waals surface area contributed by atoms with Crippen molar-refractivity contribution in [1.29, 1.82) is 0 Å². The molecule has 2 rings (SSSR count). The standard InChI is InChI=1S/C15H19Br2N3O/c1-10-6-11(8-12(16)7-10)15(21)14-13(17)9-18-20(14)5-4-19(2)3/h6-9,15,21H,4-5H2,1-3H3. The van der Waals surface area contributed by atoms with Crippen molar-refractivity contribution >= 4 is 31.9 Å². The van der Waals surface area contributed by atoms with Gasteiger partial charge >= 0.3 is 0 Å². The molecular weight excluding hydrogens is 398 g/mol. The maximum absolute atomic E-state index is 10.7. The molecule has 1 aromatic carbocycles. The molecule has 0 aliphatic carbocycles. The van der Waals surface area contributed by atoms with Crippen LogP contribution in [0.15, 0.2) is 33.3 Å². The maximum atomic E-state index is 10.7. The van der Waals surface area contributed by atoms with Crippen LogP contribution in [0.1, 0.15) is 22.9 Å². The number of likely N-dealkylation sites (N-methyl/N-ethyl adjacent to an activating group) is 1. The molecule has 0 radical (unpaired) electrons. The molecule has 0 bridgehead atoms. The third-order valence-corrected chi connectivity index (χ3v) is 4.30. The third-order valence-electron chi connectivity index (χ3n) is 3.23. The van der Waals surface area contributed by atoms with Gasteiger partial charge in [-0.3, -0.25) is 4.68 Å². The quantitative estimate of drug-likeness (QED) is 0.812. The van der Waals surface area contributed by atoms with Crippen molar-refractivity contribution in [1.82, 2.24) is 14.7 Å². The van der Waals surface area contributed by atoms with Gasteiger partial charge in [-0.15, -0.1) is 0 Å². The fraction of sp³-hybridized carbons (Fsp3) is 0.400. The molecule has 1 atom stereocenters. The minimum Gasteiger partial charge on any atom is -0.382 e. The van der Waals surface area contributed by atoms with Gasteiger partial charge in [-0.2, -0.15) is 5.10 Å². The summed E-state index contributed by atoms with van der Waals surface area (Å²) in [7, 11) is 4.04. The van der Waals surface area contributed by atoms with E-state index in [2.05, 4.69) is 41.9 Å². The van der Waals surface area contributed by atoms with E-state index in [-0.39, 0.29) is 0 Å². The van der Waals surface area contributed by atoms with E-state index < -0.39 is 6.10 Å². The zero-order valence-electron chi connectivity index (χ0n) is 12.3. The molecule has 114 valence electrons. The van der Waals surface area contributed by atoms with E-state index >= 15 is 0 Å². The summed E-state index contributed by atoms with van der Waals surface area (Å²) in [5.74, 6) is 0. The van der Waals surface area contributed by atoms with Crippen molar-refractivity contribution in [3.05, 3.63) is 50.2 Å². The highest BCUT2D eigenvalue weighted by atomic mass is 79.9. The lowest BCUT2D eigenvalue weighted by Gasteiger charge is -2.17. The van der Waals surface area contributed by atoms with Crippen molar-refractivity contribution in [3.8, 4) is 0 Å². The van der Waals surface area contributed by atoms with Crippen LogP contribution in [0.3, 0.4) is 0 Å². The minimum absolute atomic E-state index is 0.708. The zero-order valence-corrected chi connectivity index (χ0v) is 15.5. The second kappa shape index (κ2) is 7.05. The number of hydrogen-bond acceptors (Lipinski definition) is 3. The van der Waals surface area contributed by atoms with Crippen LogP contribution in [0, 0.1) is 6.92 Å². The molecule has 0 fully saturated rings. The molecule has 0 saturated carbocycles. The molecule has 1 aromatic heterocycles. The van der Waals surface area contributed by atoms with E-state index in [1.807, 2.05) is 43.9 Å². The number of hydrogen-bond donors (Lipinski definition) is 1. The summed E-state index contributed by atoms with van der Waals surface area (Å²) < 4.78 is 3.64. The van der Waals surface area contributed by atoms with Crippen LogP contribution in [-0.4, -0.2) is 40.4 Å². The molecule has 2 aromatic rings. The molecule has 21 heavy (non-hydrogen) atoms. The topological polar surface area (TPSA) is 41.3 Å². The summed E-state index contributed by atoms with van der Waals surface area (Å²) in [4.78, 5) is 2.09. The Hall–Kier alpha value is -0.690. The Morgan fingerprint density at radius 1 is 1.29 bits per heavy atom. The minimum atomic E-state index is -0.708. The SMILES string of the molecule is Cc1cc(Br)cc(C(O)c2c(Br)cnn2CCN(C)C)c1. The Morgan fingerprint density at radius 2 is 2.00 bits per heavy atom. The van der Waals surface area contributed by atoms with Gasteiger partial charge in [0.05, 0.1) is 22.9 Å². The number of aryl methyl sites for hydroxylation is 1. The van der Waals surface area contributed by atoms with Gasteiger partial charge in [0.2, 0.25) is 0 Å². The lowest BCUT2D eigenvalue weighted by Crippen LogP contribution is -2.21. The average Bonchev–Trinajstić information content (AvgIpc) is 2.75. The van der Waals surface area contributed by atoms with Crippen LogP contribution in [-0.2, 0) is 6.54 Å². The summed E-state index contributed by atoms with van der Waals surface area (Å²) in [6, 6.07) is 5.95. The fourth-order valence-electron chi connectivity index (χ4n) is 2.20. The molecule has 0 aliphatic rings. The van der Waals surface area contributed by atoms with E-state index in [4.69, 9.17) is 0 Å². The number of rotatable bonds is 5. The van der Waals surface area contributed by atoms with Crippen molar-refractivity contribution in [2.45, 2.75) is 19.6 Å². The Labute approximate surface area is 142 Å². The second-order valence-corrected chi connectivity index (χ2v) is 7.14. The summed E-state index contributed by atoms with van der Waals surface area (Å²) >= 11 is 6.97. The second-order valence-electron chi connectivity index (χ2n) is 5.37. The average molecular weight is 417 g/mol. The largest absolute Gasteiger partial charge is 0.382 e. The van der Waals surface area contributed by atoms with E-state index in [9.17, 15) is 5.11 Å². The molecule has 1 N–H and O–H groups in total. The molecule has 6 heteroatoms. The highest BCUT2D eigenvalue weighted by Gasteiger charge is 2.20. The lowest BCUT2D eigenvalue weighted by molar-refractivity contribution is 0.204. The molecule has 1 unspecified atom stereocenters. The summed E-state index contributed by atoms with van der Waals surface area (Å²) in [6.45, 7) is 3.61. The Bertz CT molecular complexity index is 605.